The first-order chi connectivity index (χ1) is 7.16. The number of hydrogen-bond donors (Lipinski definition) is 1. The number of Topliss-reactive ketones (excluding diaryl/α,β-unsaturated/α-hetero) is 1. The fourth-order valence-electron chi connectivity index (χ4n) is 2.55. The van der Waals surface area contributed by atoms with E-state index >= 15 is 0 Å². The molecule has 0 aromatic carbocycles. The standard InChI is InChI=1S/C13H25NO/c1-4-14-12(13(15)10(2)3)11-8-6-5-7-9-11/h10-12,14H,4-9H2,1-3H3/t12-/m0/s1. The summed E-state index contributed by atoms with van der Waals surface area (Å²) in [6.07, 6.45) is 6.42. The van der Waals surface area contributed by atoms with Gasteiger partial charge < -0.3 is 5.32 Å². The van der Waals surface area contributed by atoms with Crippen LogP contribution in [0.15, 0.2) is 0 Å². The van der Waals surface area contributed by atoms with Gasteiger partial charge in [0.1, 0.15) is 0 Å². The average molecular weight is 211 g/mol. The Bertz CT molecular complexity index is 195. The Kier molecular flexibility index (Phi) is 5.30. The van der Waals surface area contributed by atoms with Crippen LogP contribution in [-0.2, 0) is 4.79 Å². The monoisotopic (exact) mass is 211 g/mol. The molecular formula is C13H25NO. The fraction of sp³-hybridized carbons (Fsp3) is 0.923. The van der Waals surface area contributed by atoms with Crippen LogP contribution in [0.25, 0.3) is 0 Å². The Morgan fingerprint density at radius 3 is 2.33 bits per heavy atom. The van der Waals surface area contributed by atoms with Crippen LogP contribution in [0.5, 0.6) is 0 Å². The molecule has 0 amide bonds. The van der Waals surface area contributed by atoms with Gasteiger partial charge in [0, 0.05) is 5.92 Å². The maximum absolute atomic E-state index is 12.1. The van der Waals surface area contributed by atoms with E-state index in [9.17, 15) is 4.79 Å². The highest BCUT2D eigenvalue weighted by Gasteiger charge is 2.29. The van der Waals surface area contributed by atoms with Gasteiger partial charge in [-0.2, -0.15) is 0 Å². The first-order valence-corrected chi connectivity index (χ1v) is 6.44. The topological polar surface area (TPSA) is 29.1 Å². The maximum Gasteiger partial charge on any atom is 0.152 e. The van der Waals surface area contributed by atoms with Crippen LogP contribution in [0.1, 0.15) is 52.9 Å². The molecule has 0 saturated heterocycles. The summed E-state index contributed by atoms with van der Waals surface area (Å²) in [5, 5.41) is 3.38. The van der Waals surface area contributed by atoms with Gasteiger partial charge in [-0.1, -0.05) is 40.0 Å². The molecule has 1 aliphatic carbocycles. The van der Waals surface area contributed by atoms with Gasteiger partial charge in [0.05, 0.1) is 6.04 Å². The van der Waals surface area contributed by atoms with E-state index in [1.165, 1.54) is 32.1 Å². The van der Waals surface area contributed by atoms with E-state index in [-0.39, 0.29) is 12.0 Å². The van der Waals surface area contributed by atoms with Gasteiger partial charge in [0.25, 0.3) is 0 Å². The zero-order valence-electron chi connectivity index (χ0n) is 10.4. The molecule has 0 unspecified atom stereocenters. The van der Waals surface area contributed by atoms with Crippen molar-refractivity contribution in [3.05, 3.63) is 0 Å². The van der Waals surface area contributed by atoms with Gasteiger partial charge in [0.2, 0.25) is 0 Å². The molecule has 1 atom stereocenters. The highest BCUT2D eigenvalue weighted by molar-refractivity contribution is 5.86. The Morgan fingerprint density at radius 2 is 1.87 bits per heavy atom. The van der Waals surface area contributed by atoms with Crippen molar-refractivity contribution in [2.24, 2.45) is 11.8 Å². The molecule has 1 aliphatic rings. The third kappa shape index (κ3) is 3.60. The van der Waals surface area contributed by atoms with Crippen LogP contribution < -0.4 is 5.32 Å². The van der Waals surface area contributed by atoms with Gasteiger partial charge in [0.15, 0.2) is 5.78 Å². The Labute approximate surface area is 93.8 Å². The van der Waals surface area contributed by atoms with Crippen molar-refractivity contribution in [1.29, 1.82) is 0 Å². The average Bonchev–Trinajstić information content (AvgIpc) is 2.26. The largest absolute Gasteiger partial charge is 0.308 e. The van der Waals surface area contributed by atoms with Crippen molar-refractivity contribution < 1.29 is 4.79 Å². The van der Waals surface area contributed by atoms with E-state index in [2.05, 4.69) is 12.2 Å². The molecule has 0 aliphatic heterocycles. The van der Waals surface area contributed by atoms with Crippen molar-refractivity contribution in [2.45, 2.75) is 58.9 Å². The lowest BCUT2D eigenvalue weighted by Crippen LogP contribution is -2.45. The fourth-order valence-corrected chi connectivity index (χ4v) is 2.55. The third-order valence-corrected chi connectivity index (χ3v) is 3.42. The minimum Gasteiger partial charge on any atom is -0.308 e. The molecule has 0 radical (unpaired) electrons. The van der Waals surface area contributed by atoms with E-state index in [1.54, 1.807) is 0 Å². The zero-order chi connectivity index (χ0) is 11.3. The molecule has 0 heterocycles. The molecule has 1 rings (SSSR count). The van der Waals surface area contributed by atoms with Crippen molar-refractivity contribution in [3.8, 4) is 0 Å². The smallest absolute Gasteiger partial charge is 0.152 e. The second-order valence-corrected chi connectivity index (χ2v) is 4.99. The van der Waals surface area contributed by atoms with Crippen LogP contribution in [0.4, 0.5) is 0 Å². The first kappa shape index (κ1) is 12.7. The second kappa shape index (κ2) is 6.26. The van der Waals surface area contributed by atoms with Crippen LogP contribution >= 0.6 is 0 Å². The molecule has 88 valence electrons. The Hall–Kier alpha value is -0.370. The summed E-state index contributed by atoms with van der Waals surface area (Å²) in [7, 11) is 0. The van der Waals surface area contributed by atoms with E-state index in [1.807, 2.05) is 13.8 Å². The van der Waals surface area contributed by atoms with Crippen molar-refractivity contribution in [2.75, 3.05) is 6.54 Å². The molecule has 1 saturated carbocycles. The number of likely N-dealkylation sites (N-methyl/N-ethyl adjacent to an activating group) is 1. The van der Waals surface area contributed by atoms with Crippen LogP contribution in [0.2, 0.25) is 0 Å². The van der Waals surface area contributed by atoms with E-state index in [0.717, 1.165) is 6.54 Å². The number of nitrogens with one attached hydrogen (secondary N) is 1. The molecule has 1 fully saturated rings. The minimum absolute atomic E-state index is 0.121. The van der Waals surface area contributed by atoms with Gasteiger partial charge in [-0.05, 0) is 25.3 Å². The summed E-state index contributed by atoms with van der Waals surface area (Å²) in [6.45, 7) is 7.01. The molecule has 1 N–H and O–H groups in total. The van der Waals surface area contributed by atoms with Crippen molar-refractivity contribution in [1.82, 2.24) is 5.32 Å². The lowest BCUT2D eigenvalue weighted by Gasteiger charge is -2.30. The van der Waals surface area contributed by atoms with E-state index < -0.39 is 0 Å². The summed E-state index contributed by atoms with van der Waals surface area (Å²) >= 11 is 0. The number of rotatable bonds is 5. The molecule has 0 bridgehead atoms. The lowest BCUT2D eigenvalue weighted by atomic mass is 9.80. The summed E-state index contributed by atoms with van der Waals surface area (Å²) in [5.41, 5.74) is 0. The van der Waals surface area contributed by atoms with E-state index in [4.69, 9.17) is 0 Å². The molecular weight excluding hydrogens is 186 g/mol. The van der Waals surface area contributed by atoms with Gasteiger partial charge in [-0.15, -0.1) is 0 Å². The molecule has 15 heavy (non-hydrogen) atoms. The Morgan fingerprint density at radius 1 is 1.27 bits per heavy atom. The summed E-state index contributed by atoms with van der Waals surface area (Å²) < 4.78 is 0. The molecule has 0 spiro atoms. The summed E-state index contributed by atoms with van der Waals surface area (Å²) in [6, 6.07) is 0.121. The summed E-state index contributed by atoms with van der Waals surface area (Å²) in [5.74, 6) is 1.16. The van der Waals surface area contributed by atoms with Crippen LogP contribution in [0, 0.1) is 11.8 Å². The maximum atomic E-state index is 12.1. The molecule has 2 heteroatoms. The first-order valence-electron chi connectivity index (χ1n) is 6.44. The van der Waals surface area contributed by atoms with Gasteiger partial charge in [-0.3, -0.25) is 4.79 Å². The predicted molar refractivity (Wildman–Crippen MR) is 63.9 cm³/mol. The second-order valence-electron chi connectivity index (χ2n) is 4.99. The Balaban J connectivity index is 2.58. The highest BCUT2D eigenvalue weighted by Crippen LogP contribution is 2.27. The van der Waals surface area contributed by atoms with Crippen molar-refractivity contribution >= 4 is 5.78 Å². The SMILES string of the molecule is CCN[C@H](C(=O)C(C)C)C1CCCCC1. The number of carbonyl (C=O) groups is 1. The predicted octanol–water partition coefficient (Wildman–Crippen LogP) is 2.77. The highest BCUT2D eigenvalue weighted by atomic mass is 16.1. The molecule has 2 nitrogen and oxygen atoms in total. The number of carbonyl (C=O) groups excluding carboxylic acids is 1. The van der Waals surface area contributed by atoms with E-state index in [0.29, 0.717) is 11.7 Å². The number of ketones is 1. The molecule has 0 aromatic heterocycles. The van der Waals surface area contributed by atoms with Gasteiger partial charge in [-0.25, -0.2) is 0 Å². The third-order valence-electron chi connectivity index (χ3n) is 3.42. The van der Waals surface area contributed by atoms with Gasteiger partial charge >= 0.3 is 0 Å². The normalized spacial score (nSPS) is 20.5. The number of hydrogen-bond acceptors (Lipinski definition) is 2. The minimum atomic E-state index is 0.121. The van der Waals surface area contributed by atoms with Crippen LogP contribution in [-0.4, -0.2) is 18.4 Å². The van der Waals surface area contributed by atoms with Crippen LogP contribution in [0.3, 0.4) is 0 Å². The summed E-state index contributed by atoms with van der Waals surface area (Å²) in [4.78, 5) is 12.1. The van der Waals surface area contributed by atoms with Crippen molar-refractivity contribution in [3.63, 3.8) is 0 Å². The zero-order valence-corrected chi connectivity index (χ0v) is 10.4. The molecule has 0 aromatic rings. The lowest BCUT2D eigenvalue weighted by molar-refractivity contribution is -0.125. The quantitative estimate of drug-likeness (QED) is 0.757.